The van der Waals surface area contributed by atoms with Crippen LogP contribution in [0.4, 0.5) is 13.2 Å². The van der Waals surface area contributed by atoms with Crippen molar-refractivity contribution in [3.8, 4) is 0 Å². The fourth-order valence-corrected chi connectivity index (χ4v) is 2.81. The second kappa shape index (κ2) is 7.29. The third-order valence-electron chi connectivity index (χ3n) is 3.88. The molecule has 4 unspecified atom stereocenters. The van der Waals surface area contributed by atoms with E-state index in [1.165, 1.54) is 0 Å². The lowest BCUT2D eigenvalue weighted by atomic mass is 9.80. The summed E-state index contributed by atoms with van der Waals surface area (Å²) in [4.78, 5) is 11.9. The Morgan fingerprint density at radius 1 is 1.35 bits per heavy atom. The van der Waals surface area contributed by atoms with Crippen LogP contribution in [-0.4, -0.2) is 29.8 Å². The minimum absolute atomic E-state index is 0.0971. The van der Waals surface area contributed by atoms with Gasteiger partial charge in [0, 0.05) is 12.5 Å². The maximum Gasteiger partial charge on any atom is 0.391 e. The summed E-state index contributed by atoms with van der Waals surface area (Å²) in [6.45, 7) is 3.97. The molecule has 1 aliphatic rings. The Kier molecular flexibility index (Phi) is 6.30. The molecule has 0 aromatic rings. The summed E-state index contributed by atoms with van der Waals surface area (Å²) >= 11 is 0. The van der Waals surface area contributed by atoms with E-state index in [2.05, 4.69) is 5.32 Å². The van der Waals surface area contributed by atoms with Crippen LogP contribution in [0.2, 0.25) is 0 Å². The summed E-state index contributed by atoms with van der Waals surface area (Å²) in [5, 5.41) is 11.9. The summed E-state index contributed by atoms with van der Waals surface area (Å²) < 4.78 is 38.0. The molecule has 0 aromatic heterocycles. The van der Waals surface area contributed by atoms with E-state index in [9.17, 15) is 23.1 Å². The highest BCUT2D eigenvalue weighted by Crippen LogP contribution is 2.39. The summed E-state index contributed by atoms with van der Waals surface area (Å²) in [6.07, 6.45) is -3.05. The van der Waals surface area contributed by atoms with Crippen LogP contribution in [0.15, 0.2) is 0 Å². The minimum atomic E-state index is -4.20. The van der Waals surface area contributed by atoms with Gasteiger partial charge in [-0.3, -0.25) is 4.79 Å². The lowest BCUT2D eigenvalue weighted by Gasteiger charge is -2.30. The van der Waals surface area contributed by atoms with E-state index in [0.29, 0.717) is 25.8 Å². The maximum atomic E-state index is 12.7. The fraction of sp³-hybridized carbons (Fsp3) is 0.929. The zero-order chi connectivity index (χ0) is 15.3. The molecule has 0 bridgehead atoms. The van der Waals surface area contributed by atoms with Crippen molar-refractivity contribution >= 4 is 5.91 Å². The van der Waals surface area contributed by atoms with Gasteiger partial charge in [0.1, 0.15) is 0 Å². The molecular formula is C14H24F3NO2. The summed E-state index contributed by atoms with van der Waals surface area (Å²) in [6, 6.07) is 0. The quantitative estimate of drug-likeness (QED) is 0.819. The summed E-state index contributed by atoms with van der Waals surface area (Å²) in [5.74, 6) is -2.05. The van der Waals surface area contributed by atoms with Crippen molar-refractivity contribution in [3.63, 3.8) is 0 Å². The molecule has 20 heavy (non-hydrogen) atoms. The number of amides is 1. The number of carbonyl (C=O) groups excluding carboxylic acids is 1. The van der Waals surface area contributed by atoms with Crippen LogP contribution in [0.25, 0.3) is 0 Å². The smallest absolute Gasteiger partial charge is 0.391 e. The van der Waals surface area contributed by atoms with Crippen molar-refractivity contribution in [2.24, 2.45) is 17.8 Å². The molecule has 0 spiro atoms. The third kappa shape index (κ3) is 5.69. The first-order chi connectivity index (χ1) is 9.20. The van der Waals surface area contributed by atoms with Gasteiger partial charge in [0.2, 0.25) is 5.91 Å². The van der Waals surface area contributed by atoms with Crippen LogP contribution in [0, 0.1) is 17.8 Å². The van der Waals surface area contributed by atoms with E-state index in [1.54, 1.807) is 6.92 Å². The maximum absolute atomic E-state index is 12.7. The van der Waals surface area contributed by atoms with E-state index in [-0.39, 0.29) is 24.7 Å². The average Bonchev–Trinajstić information content (AvgIpc) is 2.34. The topological polar surface area (TPSA) is 49.3 Å². The molecule has 3 nitrogen and oxygen atoms in total. The zero-order valence-electron chi connectivity index (χ0n) is 12.0. The SMILES string of the molecule is CC(O)CC(C)CNC(=O)C1CCCC(C(F)(F)F)C1. The van der Waals surface area contributed by atoms with Crippen molar-refractivity contribution in [2.45, 2.75) is 58.2 Å². The number of rotatable bonds is 5. The van der Waals surface area contributed by atoms with Gasteiger partial charge in [-0.15, -0.1) is 0 Å². The van der Waals surface area contributed by atoms with Gasteiger partial charge in [-0.05, 0) is 38.5 Å². The van der Waals surface area contributed by atoms with Gasteiger partial charge < -0.3 is 10.4 Å². The molecule has 4 atom stereocenters. The molecule has 1 saturated carbocycles. The lowest BCUT2D eigenvalue weighted by molar-refractivity contribution is -0.186. The number of halogens is 3. The first-order valence-electron chi connectivity index (χ1n) is 7.22. The molecule has 1 amide bonds. The lowest BCUT2D eigenvalue weighted by Crippen LogP contribution is -2.39. The molecule has 1 fully saturated rings. The molecule has 0 aromatic carbocycles. The highest BCUT2D eigenvalue weighted by Gasteiger charge is 2.43. The van der Waals surface area contributed by atoms with Gasteiger partial charge in [-0.1, -0.05) is 13.3 Å². The Morgan fingerprint density at radius 3 is 2.55 bits per heavy atom. The second-order valence-corrected chi connectivity index (χ2v) is 6.04. The van der Waals surface area contributed by atoms with Crippen LogP contribution in [0.3, 0.4) is 0 Å². The van der Waals surface area contributed by atoms with Crippen LogP contribution in [-0.2, 0) is 4.79 Å². The average molecular weight is 295 g/mol. The van der Waals surface area contributed by atoms with Crippen molar-refractivity contribution in [2.75, 3.05) is 6.54 Å². The number of aliphatic hydroxyl groups excluding tert-OH is 1. The molecule has 0 radical (unpaired) electrons. The molecule has 0 aliphatic heterocycles. The molecule has 2 N–H and O–H groups in total. The molecule has 0 saturated heterocycles. The van der Waals surface area contributed by atoms with E-state index >= 15 is 0 Å². The van der Waals surface area contributed by atoms with Crippen LogP contribution >= 0.6 is 0 Å². The van der Waals surface area contributed by atoms with Crippen LogP contribution in [0.5, 0.6) is 0 Å². The van der Waals surface area contributed by atoms with Crippen LogP contribution in [0.1, 0.15) is 46.0 Å². The number of nitrogens with one attached hydrogen (secondary N) is 1. The normalized spacial score (nSPS) is 26.9. The fourth-order valence-electron chi connectivity index (χ4n) is 2.81. The minimum Gasteiger partial charge on any atom is -0.393 e. The number of hydrogen-bond donors (Lipinski definition) is 2. The Hall–Kier alpha value is -0.780. The monoisotopic (exact) mass is 295 g/mol. The van der Waals surface area contributed by atoms with Gasteiger partial charge in [0.05, 0.1) is 12.0 Å². The van der Waals surface area contributed by atoms with E-state index in [0.717, 1.165) is 0 Å². The molecule has 1 rings (SSSR count). The van der Waals surface area contributed by atoms with Crippen molar-refractivity contribution in [1.82, 2.24) is 5.32 Å². The first-order valence-corrected chi connectivity index (χ1v) is 7.22. The van der Waals surface area contributed by atoms with E-state index in [1.807, 2.05) is 6.92 Å². The van der Waals surface area contributed by atoms with Gasteiger partial charge in [0.15, 0.2) is 0 Å². The largest absolute Gasteiger partial charge is 0.393 e. The van der Waals surface area contributed by atoms with Gasteiger partial charge in [-0.25, -0.2) is 0 Å². The van der Waals surface area contributed by atoms with Crippen LogP contribution < -0.4 is 5.32 Å². The second-order valence-electron chi connectivity index (χ2n) is 6.04. The highest BCUT2D eigenvalue weighted by molar-refractivity contribution is 5.78. The van der Waals surface area contributed by atoms with E-state index < -0.39 is 24.1 Å². The zero-order valence-corrected chi connectivity index (χ0v) is 12.0. The Bertz CT molecular complexity index is 318. The number of hydrogen-bond acceptors (Lipinski definition) is 2. The molecule has 0 heterocycles. The van der Waals surface area contributed by atoms with Crippen molar-refractivity contribution < 1.29 is 23.1 Å². The summed E-state index contributed by atoms with van der Waals surface area (Å²) in [7, 11) is 0. The number of carbonyl (C=O) groups is 1. The van der Waals surface area contributed by atoms with E-state index in [4.69, 9.17) is 0 Å². The highest BCUT2D eigenvalue weighted by atomic mass is 19.4. The Balaban J connectivity index is 2.39. The predicted octanol–water partition coefficient (Wildman–Crippen LogP) is 2.88. The number of aliphatic hydroxyl groups is 1. The van der Waals surface area contributed by atoms with Gasteiger partial charge in [-0.2, -0.15) is 13.2 Å². The Morgan fingerprint density at radius 2 is 2.00 bits per heavy atom. The molecule has 6 heteroatoms. The van der Waals surface area contributed by atoms with Gasteiger partial charge in [0.25, 0.3) is 0 Å². The molecule has 118 valence electrons. The standard InChI is InChI=1S/C14H24F3NO2/c1-9(6-10(2)19)8-18-13(20)11-4-3-5-12(7-11)14(15,16)17/h9-12,19H,3-8H2,1-2H3,(H,18,20). The summed E-state index contributed by atoms with van der Waals surface area (Å²) in [5.41, 5.74) is 0. The Labute approximate surface area is 117 Å². The molecule has 1 aliphatic carbocycles. The van der Waals surface area contributed by atoms with Crippen molar-refractivity contribution in [1.29, 1.82) is 0 Å². The molecular weight excluding hydrogens is 271 g/mol. The predicted molar refractivity (Wildman–Crippen MR) is 70.0 cm³/mol. The number of alkyl halides is 3. The van der Waals surface area contributed by atoms with Gasteiger partial charge >= 0.3 is 6.18 Å². The first kappa shape index (κ1) is 17.3. The van der Waals surface area contributed by atoms with Crippen molar-refractivity contribution in [3.05, 3.63) is 0 Å². The third-order valence-corrected chi connectivity index (χ3v) is 3.88.